The van der Waals surface area contributed by atoms with Crippen LogP contribution >= 0.6 is 0 Å². The molecule has 3 heteroatoms. The molecule has 188 valence electrons. The first kappa shape index (κ1) is 21.6. The molecule has 6 aromatic carbocycles. The van der Waals surface area contributed by atoms with Crippen LogP contribution in [-0.2, 0) is 5.41 Å². The number of furan rings is 1. The highest BCUT2D eigenvalue weighted by molar-refractivity contribution is 6.09. The summed E-state index contributed by atoms with van der Waals surface area (Å²) in [7, 11) is 0. The number of benzene rings is 6. The highest BCUT2D eigenvalue weighted by Crippen LogP contribution is 2.63. The molecule has 9 rings (SSSR count). The molecule has 0 bridgehead atoms. The number of nitrogens with one attached hydrogen (secondary N) is 1. The number of hydrogen-bond donors (Lipinski definition) is 1. The van der Waals surface area contributed by atoms with Gasteiger partial charge in [0.25, 0.3) is 0 Å². The van der Waals surface area contributed by atoms with E-state index in [2.05, 4.69) is 127 Å². The van der Waals surface area contributed by atoms with Crippen molar-refractivity contribution in [3.8, 4) is 22.6 Å². The predicted molar refractivity (Wildman–Crippen MR) is 161 cm³/mol. The van der Waals surface area contributed by atoms with E-state index in [1.807, 2.05) is 12.1 Å². The van der Waals surface area contributed by atoms with E-state index in [1.165, 1.54) is 22.3 Å². The average molecular weight is 514 g/mol. The summed E-state index contributed by atoms with van der Waals surface area (Å²) in [5.74, 6) is 1.74. The molecule has 1 aromatic heterocycles. The predicted octanol–water partition coefficient (Wildman–Crippen LogP) is 9.80. The SMILES string of the molecule is c1ccc2c(c1)Oc1cccc(Nc3cccc4c3oc3ccccc34)c1C21c2ccccc2-c2ccccc21. The Bertz CT molecular complexity index is 2090. The van der Waals surface area contributed by atoms with Gasteiger partial charge in [0, 0.05) is 27.6 Å². The van der Waals surface area contributed by atoms with Crippen LogP contribution in [0.5, 0.6) is 11.5 Å². The zero-order chi connectivity index (χ0) is 26.3. The van der Waals surface area contributed by atoms with Gasteiger partial charge in [-0.25, -0.2) is 0 Å². The van der Waals surface area contributed by atoms with Crippen LogP contribution in [0.4, 0.5) is 11.4 Å². The fourth-order valence-electron chi connectivity index (χ4n) is 7.01. The number of rotatable bonds is 2. The fraction of sp³-hybridized carbons (Fsp3) is 0.0270. The lowest BCUT2D eigenvalue weighted by molar-refractivity contribution is 0.437. The Balaban J connectivity index is 1.36. The van der Waals surface area contributed by atoms with Crippen LogP contribution in [0.1, 0.15) is 22.3 Å². The quantitative estimate of drug-likeness (QED) is 0.250. The molecule has 1 N–H and O–H groups in total. The summed E-state index contributed by atoms with van der Waals surface area (Å²) in [6.45, 7) is 0. The Morgan fingerprint density at radius 3 is 1.90 bits per heavy atom. The Labute approximate surface area is 231 Å². The van der Waals surface area contributed by atoms with Crippen molar-refractivity contribution in [2.24, 2.45) is 0 Å². The van der Waals surface area contributed by atoms with Crippen molar-refractivity contribution < 1.29 is 9.15 Å². The van der Waals surface area contributed by atoms with Gasteiger partial charge < -0.3 is 14.5 Å². The van der Waals surface area contributed by atoms with Crippen molar-refractivity contribution in [2.45, 2.75) is 5.41 Å². The van der Waals surface area contributed by atoms with E-state index in [-0.39, 0.29) is 0 Å². The third-order valence-corrected chi connectivity index (χ3v) is 8.54. The van der Waals surface area contributed by atoms with Crippen LogP contribution in [0.25, 0.3) is 33.1 Å². The van der Waals surface area contributed by atoms with Gasteiger partial charge in [-0.1, -0.05) is 103 Å². The van der Waals surface area contributed by atoms with Crippen molar-refractivity contribution in [2.75, 3.05) is 5.32 Å². The van der Waals surface area contributed by atoms with Gasteiger partial charge >= 0.3 is 0 Å². The second kappa shape index (κ2) is 7.87. The zero-order valence-electron chi connectivity index (χ0n) is 21.5. The summed E-state index contributed by atoms with van der Waals surface area (Å²) in [5, 5.41) is 6.02. The molecule has 1 spiro atoms. The van der Waals surface area contributed by atoms with Gasteiger partial charge in [-0.15, -0.1) is 0 Å². The van der Waals surface area contributed by atoms with E-state index >= 15 is 0 Å². The molecular formula is C37H23NO2. The van der Waals surface area contributed by atoms with Crippen molar-refractivity contribution in [3.63, 3.8) is 0 Å². The van der Waals surface area contributed by atoms with E-state index in [4.69, 9.17) is 9.15 Å². The van der Waals surface area contributed by atoms with Crippen LogP contribution < -0.4 is 10.1 Å². The molecule has 3 nitrogen and oxygen atoms in total. The van der Waals surface area contributed by atoms with Crippen LogP contribution in [-0.4, -0.2) is 0 Å². The molecule has 0 saturated carbocycles. The number of fused-ring (bicyclic) bond motifs is 12. The van der Waals surface area contributed by atoms with Gasteiger partial charge in [-0.3, -0.25) is 0 Å². The standard InChI is InChI=1S/C37H23NO2/c1-4-15-27-23(11-1)24-12-2-5-16-28(24)37(27)29-17-6-8-21-33(29)39-34-22-10-18-30(35(34)37)38-31-19-9-14-26-25-13-3-7-20-32(25)40-36(26)31/h1-22,38H. The maximum Gasteiger partial charge on any atom is 0.158 e. The summed E-state index contributed by atoms with van der Waals surface area (Å²) in [6, 6.07) is 46.9. The molecular weight excluding hydrogens is 490 g/mol. The normalized spacial score (nSPS) is 13.9. The molecule has 0 fully saturated rings. The van der Waals surface area contributed by atoms with Gasteiger partial charge in [0.05, 0.1) is 11.1 Å². The van der Waals surface area contributed by atoms with Gasteiger partial charge in [0.2, 0.25) is 0 Å². The lowest BCUT2D eigenvalue weighted by atomic mass is 9.65. The number of ether oxygens (including phenoxy) is 1. The van der Waals surface area contributed by atoms with E-state index < -0.39 is 5.41 Å². The highest BCUT2D eigenvalue weighted by atomic mass is 16.5. The summed E-state index contributed by atoms with van der Waals surface area (Å²) >= 11 is 0. The molecule has 1 aliphatic carbocycles. The third-order valence-electron chi connectivity index (χ3n) is 8.54. The lowest BCUT2D eigenvalue weighted by Gasteiger charge is -2.40. The third kappa shape index (κ3) is 2.69. The Morgan fingerprint density at radius 2 is 1.07 bits per heavy atom. The molecule has 40 heavy (non-hydrogen) atoms. The van der Waals surface area contributed by atoms with Gasteiger partial charge in [-0.2, -0.15) is 0 Å². The van der Waals surface area contributed by atoms with Crippen molar-refractivity contribution in [3.05, 3.63) is 156 Å². The van der Waals surface area contributed by atoms with Crippen LogP contribution in [0.3, 0.4) is 0 Å². The molecule has 0 atom stereocenters. The van der Waals surface area contributed by atoms with E-state index in [1.54, 1.807) is 0 Å². The van der Waals surface area contributed by atoms with Crippen molar-refractivity contribution >= 4 is 33.3 Å². The van der Waals surface area contributed by atoms with Gasteiger partial charge in [0.1, 0.15) is 17.1 Å². The second-order valence-corrected chi connectivity index (χ2v) is 10.5. The molecule has 0 amide bonds. The highest BCUT2D eigenvalue weighted by Gasteiger charge is 2.52. The second-order valence-electron chi connectivity index (χ2n) is 10.5. The lowest BCUT2D eigenvalue weighted by Crippen LogP contribution is -2.33. The van der Waals surface area contributed by atoms with Crippen molar-refractivity contribution in [1.82, 2.24) is 0 Å². The monoisotopic (exact) mass is 513 g/mol. The Kier molecular flexibility index (Phi) is 4.26. The molecule has 0 saturated heterocycles. The minimum Gasteiger partial charge on any atom is -0.457 e. The van der Waals surface area contributed by atoms with Gasteiger partial charge in [-0.05, 0) is 52.6 Å². The minimum absolute atomic E-state index is 0.539. The topological polar surface area (TPSA) is 34.4 Å². The van der Waals surface area contributed by atoms with Gasteiger partial charge in [0.15, 0.2) is 5.58 Å². The van der Waals surface area contributed by atoms with Crippen LogP contribution in [0, 0.1) is 0 Å². The van der Waals surface area contributed by atoms with E-state index in [0.717, 1.165) is 55.9 Å². The summed E-state index contributed by atoms with van der Waals surface area (Å²) in [5.41, 5.74) is 10.4. The van der Waals surface area contributed by atoms with Crippen LogP contribution in [0.2, 0.25) is 0 Å². The maximum absolute atomic E-state index is 6.64. The molecule has 0 radical (unpaired) electrons. The molecule has 7 aromatic rings. The molecule has 1 aliphatic heterocycles. The molecule has 2 aliphatic rings. The number of para-hydroxylation sites is 3. The summed E-state index contributed by atoms with van der Waals surface area (Å²) in [6.07, 6.45) is 0. The van der Waals surface area contributed by atoms with Crippen LogP contribution in [0.15, 0.2) is 138 Å². The average Bonchev–Trinajstić information content (AvgIpc) is 3.53. The fourth-order valence-corrected chi connectivity index (χ4v) is 7.01. The maximum atomic E-state index is 6.64. The number of anilines is 2. The summed E-state index contributed by atoms with van der Waals surface area (Å²) in [4.78, 5) is 0. The smallest absolute Gasteiger partial charge is 0.158 e. The first-order chi connectivity index (χ1) is 19.8. The molecule has 0 unspecified atom stereocenters. The number of hydrogen-bond acceptors (Lipinski definition) is 3. The Hall–Kier alpha value is -5.28. The molecule has 2 heterocycles. The first-order valence-electron chi connectivity index (χ1n) is 13.6. The first-order valence-corrected chi connectivity index (χ1v) is 13.6. The Morgan fingerprint density at radius 1 is 0.475 bits per heavy atom. The van der Waals surface area contributed by atoms with Crippen molar-refractivity contribution in [1.29, 1.82) is 0 Å². The zero-order valence-corrected chi connectivity index (χ0v) is 21.5. The largest absolute Gasteiger partial charge is 0.457 e. The summed E-state index contributed by atoms with van der Waals surface area (Å²) < 4.78 is 13.0. The van der Waals surface area contributed by atoms with E-state index in [9.17, 15) is 0 Å². The van der Waals surface area contributed by atoms with E-state index in [0.29, 0.717) is 0 Å². The minimum atomic E-state index is -0.539.